The van der Waals surface area contributed by atoms with Crippen molar-refractivity contribution in [2.45, 2.75) is 78.2 Å². The second-order valence-electron chi connectivity index (χ2n) is 5.26. The summed E-state index contributed by atoms with van der Waals surface area (Å²) in [4.78, 5) is 0. The maximum absolute atomic E-state index is 9.74. The van der Waals surface area contributed by atoms with Gasteiger partial charge in [-0.05, 0) is 11.8 Å². The molecule has 18 heavy (non-hydrogen) atoms. The van der Waals surface area contributed by atoms with E-state index in [4.69, 9.17) is 4.74 Å². The topological polar surface area (TPSA) is 90.2 Å². The molecule has 0 bridgehead atoms. The Kier molecular flexibility index (Phi) is 7.32. The molecule has 1 fully saturated rings. The van der Waals surface area contributed by atoms with E-state index < -0.39 is 30.7 Å². The van der Waals surface area contributed by atoms with Gasteiger partial charge in [0.15, 0.2) is 6.29 Å². The molecule has 110 valence electrons. The van der Waals surface area contributed by atoms with Gasteiger partial charge in [-0.1, -0.05) is 41.0 Å². The fourth-order valence-electron chi connectivity index (χ4n) is 1.79. The van der Waals surface area contributed by atoms with Crippen molar-refractivity contribution >= 4 is 0 Å². The van der Waals surface area contributed by atoms with Crippen molar-refractivity contribution < 1.29 is 25.2 Å². The zero-order valence-corrected chi connectivity index (χ0v) is 12.0. The third kappa shape index (κ3) is 4.48. The molecule has 5 atom stereocenters. The summed E-state index contributed by atoms with van der Waals surface area (Å²) < 4.78 is 5.11. The van der Waals surface area contributed by atoms with Crippen molar-refractivity contribution in [2.75, 3.05) is 0 Å². The highest BCUT2D eigenvalue weighted by Gasteiger charge is 2.44. The van der Waals surface area contributed by atoms with E-state index >= 15 is 0 Å². The highest BCUT2D eigenvalue weighted by Crippen LogP contribution is 2.32. The Bertz CT molecular complexity index is 231. The van der Waals surface area contributed by atoms with Crippen molar-refractivity contribution in [2.24, 2.45) is 5.41 Å². The van der Waals surface area contributed by atoms with Gasteiger partial charge in [0.1, 0.15) is 18.3 Å². The molecule has 0 spiro atoms. The van der Waals surface area contributed by atoms with Crippen LogP contribution < -0.4 is 0 Å². The van der Waals surface area contributed by atoms with E-state index in [0.717, 1.165) is 6.42 Å². The van der Waals surface area contributed by atoms with Crippen LogP contribution in [0.25, 0.3) is 0 Å². The highest BCUT2D eigenvalue weighted by atomic mass is 16.6. The van der Waals surface area contributed by atoms with Crippen molar-refractivity contribution in [1.82, 2.24) is 0 Å². The van der Waals surface area contributed by atoms with E-state index in [2.05, 4.69) is 0 Å². The third-order valence-electron chi connectivity index (χ3n) is 3.40. The van der Waals surface area contributed by atoms with Crippen molar-refractivity contribution in [3.8, 4) is 0 Å². The molecule has 5 unspecified atom stereocenters. The first-order valence-electron chi connectivity index (χ1n) is 6.66. The number of rotatable bonds is 3. The van der Waals surface area contributed by atoms with E-state index in [1.165, 1.54) is 0 Å². The normalized spacial score (nSPS) is 36.8. The van der Waals surface area contributed by atoms with Gasteiger partial charge in [-0.15, -0.1) is 0 Å². The number of hydrogen-bond donors (Lipinski definition) is 4. The van der Waals surface area contributed by atoms with Gasteiger partial charge in [0.2, 0.25) is 0 Å². The Morgan fingerprint density at radius 3 is 1.89 bits per heavy atom. The molecule has 0 aromatic carbocycles. The van der Waals surface area contributed by atoms with Crippen LogP contribution in [0.2, 0.25) is 0 Å². The third-order valence-corrected chi connectivity index (χ3v) is 3.40. The lowest BCUT2D eigenvalue weighted by Crippen LogP contribution is -2.58. The Morgan fingerprint density at radius 2 is 1.44 bits per heavy atom. The molecule has 1 saturated heterocycles. The molecule has 0 aromatic heterocycles. The van der Waals surface area contributed by atoms with E-state index in [-0.39, 0.29) is 5.41 Å². The zero-order valence-electron chi connectivity index (χ0n) is 12.0. The minimum Gasteiger partial charge on any atom is -0.388 e. The van der Waals surface area contributed by atoms with Crippen LogP contribution in [-0.4, -0.2) is 51.1 Å². The molecule has 0 radical (unpaired) electrons. The van der Waals surface area contributed by atoms with E-state index in [9.17, 15) is 20.4 Å². The van der Waals surface area contributed by atoms with E-state index in [0.29, 0.717) is 6.42 Å². The van der Waals surface area contributed by atoms with Crippen LogP contribution in [0.4, 0.5) is 0 Å². The monoisotopic (exact) mass is 264 g/mol. The minimum absolute atomic E-state index is 0.0482. The van der Waals surface area contributed by atoms with Crippen LogP contribution in [0.5, 0.6) is 0 Å². The van der Waals surface area contributed by atoms with Crippen molar-refractivity contribution in [3.05, 3.63) is 0 Å². The first-order chi connectivity index (χ1) is 8.28. The highest BCUT2D eigenvalue weighted by molar-refractivity contribution is 4.90. The Hall–Kier alpha value is -0.200. The molecule has 0 aliphatic carbocycles. The SMILES string of the molecule is CC.CCC(C)(C)CC1OC(O)C(O)C(O)C1O. The molecular weight excluding hydrogens is 236 g/mol. The lowest BCUT2D eigenvalue weighted by atomic mass is 9.81. The largest absolute Gasteiger partial charge is 0.388 e. The lowest BCUT2D eigenvalue weighted by Gasteiger charge is -2.41. The molecule has 1 rings (SSSR count). The maximum Gasteiger partial charge on any atom is 0.183 e. The molecule has 5 nitrogen and oxygen atoms in total. The van der Waals surface area contributed by atoms with Crippen LogP contribution in [0.15, 0.2) is 0 Å². The predicted octanol–water partition coefficient (Wildman–Crippen LogP) is 0.639. The van der Waals surface area contributed by atoms with Crippen molar-refractivity contribution in [1.29, 1.82) is 0 Å². The summed E-state index contributed by atoms with van der Waals surface area (Å²) in [5.41, 5.74) is -0.0482. The summed E-state index contributed by atoms with van der Waals surface area (Å²) in [6.45, 7) is 10.1. The molecule has 0 saturated carbocycles. The molecule has 0 aromatic rings. The zero-order chi connectivity index (χ0) is 14.5. The Labute approximate surface area is 109 Å². The number of aliphatic hydroxyl groups excluding tert-OH is 4. The average molecular weight is 264 g/mol. The first kappa shape index (κ1) is 17.8. The Balaban J connectivity index is 0.00000137. The summed E-state index contributed by atoms with van der Waals surface area (Å²) in [7, 11) is 0. The summed E-state index contributed by atoms with van der Waals surface area (Å²) >= 11 is 0. The second-order valence-corrected chi connectivity index (χ2v) is 5.26. The van der Waals surface area contributed by atoms with Gasteiger partial charge >= 0.3 is 0 Å². The lowest BCUT2D eigenvalue weighted by molar-refractivity contribution is -0.286. The summed E-state index contributed by atoms with van der Waals surface area (Å²) in [6, 6.07) is 0. The molecular formula is C13H28O5. The molecule has 1 aliphatic rings. The van der Waals surface area contributed by atoms with Gasteiger partial charge in [0.25, 0.3) is 0 Å². The smallest absolute Gasteiger partial charge is 0.183 e. The van der Waals surface area contributed by atoms with Gasteiger partial charge in [-0.3, -0.25) is 0 Å². The number of hydrogen-bond acceptors (Lipinski definition) is 5. The van der Waals surface area contributed by atoms with Crippen LogP contribution in [0.1, 0.15) is 47.5 Å². The summed E-state index contributed by atoms with van der Waals surface area (Å²) in [5, 5.41) is 37.9. The first-order valence-corrected chi connectivity index (χ1v) is 6.66. The van der Waals surface area contributed by atoms with E-state index in [1.807, 2.05) is 34.6 Å². The van der Waals surface area contributed by atoms with Gasteiger partial charge in [0.05, 0.1) is 6.10 Å². The van der Waals surface area contributed by atoms with Crippen molar-refractivity contribution in [3.63, 3.8) is 0 Å². The Morgan fingerprint density at radius 1 is 0.944 bits per heavy atom. The molecule has 1 aliphatic heterocycles. The van der Waals surface area contributed by atoms with Gasteiger partial charge < -0.3 is 25.2 Å². The minimum atomic E-state index is -1.45. The summed E-state index contributed by atoms with van der Waals surface area (Å²) in [6.07, 6.45) is -4.64. The quantitative estimate of drug-likeness (QED) is 0.600. The van der Waals surface area contributed by atoms with Crippen LogP contribution in [0.3, 0.4) is 0 Å². The van der Waals surface area contributed by atoms with E-state index in [1.54, 1.807) is 0 Å². The number of ether oxygens (including phenoxy) is 1. The van der Waals surface area contributed by atoms with Gasteiger partial charge in [0, 0.05) is 0 Å². The maximum atomic E-state index is 9.74. The molecule has 1 heterocycles. The fourth-order valence-corrected chi connectivity index (χ4v) is 1.79. The summed E-state index contributed by atoms with van der Waals surface area (Å²) in [5.74, 6) is 0. The van der Waals surface area contributed by atoms with Crippen LogP contribution in [0, 0.1) is 5.41 Å². The van der Waals surface area contributed by atoms with Gasteiger partial charge in [-0.25, -0.2) is 0 Å². The average Bonchev–Trinajstić information content (AvgIpc) is 2.35. The standard InChI is InChI=1S/C11H22O5.C2H6/c1-4-11(2,3)5-6-7(12)8(13)9(14)10(15)16-6;1-2/h6-10,12-15H,4-5H2,1-3H3;1-2H3. The number of aliphatic hydroxyl groups is 4. The molecule has 0 amide bonds. The van der Waals surface area contributed by atoms with Crippen LogP contribution in [-0.2, 0) is 4.74 Å². The van der Waals surface area contributed by atoms with Crippen LogP contribution >= 0.6 is 0 Å². The predicted molar refractivity (Wildman–Crippen MR) is 68.9 cm³/mol. The second kappa shape index (κ2) is 7.40. The molecule has 4 N–H and O–H groups in total. The molecule has 5 heteroatoms. The van der Waals surface area contributed by atoms with Gasteiger partial charge in [-0.2, -0.15) is 0 Å². The fraction of sp³-hybridized carbons (Fsp3) is 1.00.